The second kappa shape index (κ2) is 3.64. The van der Waals surface area contributed by atoms with Crippen molar-refractivity contribution in [2.24, 2.45) is 5.92 Å². The van der Waals surface area contributed by atoms with Crippen molar-refractivity contribution in [2.75, 3.05) is 5.32 Å². The van der Waals surface area contributed by atoms with Crippen LogP contribution in [0.2, 0.25) is 0 Å². The lowest BCUT2D eigenvalue weighted by Crippen LogP contribution is -2.15. The van der Waals surface area contributed by atoms with E-state index in [1.54, 1.807) is 0 Å². The van der Waals surface area contributed by atoms with E-state index >= 15 is 0 Å². The van der Waals surface area contributed by atoms with Gasteiger partial charge in [-0.1, -0.05) is 6.92 Å². The number of H-pyrrole nitrogens is 1. The SMILES string of the molecule is CC1CCc2[nH]nc(NC(C)C)c2C1. The number of rotatable bonds is 2. The first kappa shape index (κ1) is 9.56. The Kier molecular flexibility index (Phi) is 2.48. The molecule has 0 radical (unpaired) electrons. The molecule has 3 heteroatoms. The number of aryl methyl sites for hydroxylation is 1. The molecule has 14 heavy (non-hydrogen) atoms. The Morgan fingerprint density at radius 3 is 3.00 bits per heavy atom. The van der Waals surface area contributed by atoms with Gasteiger partial charge >= 0.3 is 0 Å². The molecule has 0 saturated heterocycles. The van der Waals surface area contributed by atoms with Crippen molar-refractivity contribution in [3.05, 3.63) is 11.3 Å². The minimum Gasteiger partial charge on any atom is -0.366 e. The summed E-state index contributed by atoms with van der Waals surface area (Å²) in [7, 11) is 0. The maximum Gasteiger partial charge on any atom is 0.151 e. The summed E-state index contributed by atoms with van der Waals surface area (Å²) in [5.41, 5.74) is 2.75. The summed E-state index contributed by atoms with van der Waals surface area (Å²) >= 11 is 0. The van der Waals surface area contributed by atoms with Gasteiger partial charge in [0.05, 0.1) is 0 Å². The normalized spacial score (nSPS) is 21.0. The predicted molar refractivity (Wildman–Crippen MR) is 58.5 cm³/mol. The van der Waals surface area contributed by atoms with E-state index in [4.69, 9.17) is 0 Å². The van der Waals surface area contributed by atoms with Crippen molar-refractivity contribution < 1.29 is 0 Å². The molecule has 0 spiro atoms. The second-order valence-corrected chi connectivity index (χ2v) is 4.68. The Morgan fingerprint density at radius 1 is 1.50 bits per heavy atom. The zero-order valence-electron chi connectivity index (χ0n) is 9.22. The van der Waals surface area contributed by atoms with Gasteiger partial charge < -0.3 is 5.32 Å². The molecule has 1 atom stereocenters. The van der Waals surface area contributed by atoms with Gasteiger partial charge in [-0.25, -0.2) is 0 Å². The third-order valence-electron chi connectivity index (χ3n) is 2.82. The molecule has 0 bridgehead atoms. The van der Waals surface area contributed by atoms with E-state index in [1.165, 1.54) is 24.1 Å². The molecule has 1 aliphatic rings. The fourth-order valence-electron chi connectivity index (χ4n) is 2.06. The Bertz CT molecular complexity index is 314. The molecular weight excluding hydrogens is 174 g/mol. The van der Waals surface area contributed by atoms with Crippen LogP contribution in [-0.4, -0.2) is 16.2 Å². The highest BCUT2D eigenvalue weighted by molar-refractivity contribution is 5.48. The Hall–Kier alpha value is -0.990. The van der Waals surface area contributed by atoms with Crippen LogP contribution < -0.4 is 5.32 Å². The Morgan fingerprint density at radius 2 is 2.29 bits per heavy atom. The zero-order valence-corrected chi connectivity index (χ0v) is 9.22. The topological polar surface area (TPSA) is 40.7 Å². The summed E-state index contributed by atoms with van der Waals surface area (Å²) in [6.45, 7) is 6.61. The van der Waals surface area contributed by atoms with E-state index < -0.39 is 0 Å². The monoisotopic (exact) mass is 193 g/mol. The minimum atomic E-state index is 0.458. The lowest BCUT2D eigenvalue weighted by atomic mass is 9.89. The van der Waals surface area contributed by atoms with Crippen LogP contribution in [0.15, 0.2) is 0 Å². The molecule has 1 aromatic rings. The zero-order chi connectivity index (χ0) is 10.1. The Balaban J connectivity index is 2.22. The third kappa shape index (κ3) is 1.76. The highest BCUT2D eigenvalue weighted by Gasteiger charge is 2.21. The van der Waals surface area contributed by atoms with Crippen LogP contribution >= 0.6 is 0 Å². The fourth-order valence-corrected chi connectivity index (χ4v) is 2.06. The van der Waals surface area contributed by atoms with Crippen molar-refractivity contribution in [1.82, 2.24) is 10.2 Å². The summed E-state index contributed by atoms with van der Waals surface area (Å²) < 4.78 is 0. The molecule has 3 nitrogen and oxygen atoms in total. The van der Waals surface area contributed by atoms with Gasteiger partial charge in [0, 0.05) is 17.3 Å². The maximum absolute atomic E-state index is 4.34. The summed E-state index contributed by atoms with van der Waals surface area (Å²) in [5.74, 6) is 1.87. The molecule has 0 aromatic carbocycles. The van der Waals surface area contributed by atoms with Gasteiger partial charge in [0.1, 0.15) is 0 Å². The van der Waals surface area contributed by atoms with E-state index in [0.717, 1.165) is 18.2 Å². The number of fused-ring (bicyclic) bond motifs is 1. The lowest BCUT2D eigenvalue weighted by molar-refractivity contribution is 0.498. The highest BCUT2D eigenvalue weighted by atomic mass is 15.2. The highest BCUT2D eigenvalue weighted by Crippen LogP contribution is 2.28. The molecule has 1 aromatic heterocycles. The molecule has 0 fully saturated rings. The van der Waals surface area contributed by atoms with Gasteiger partial charge in [0.15, 0.2) is 5.82 Å². The maximum atomic E-state index is 4.34. The molecule has 78 valence electrons. The molecule has 2 N–H and O–H groups in total. The first-order valence-electron chi connectivity index (χ1n) is 5.49. The van der Waals surface area contributed by atoms with E-state index in [9.17, 15) is 0 Å². The van der Waals surface area contributed by atoms with E-state index in [-0.39, 0.29) is 0 Å². The number of nitrogens with zero attached hydrogens (tertiary/aromatic N) is 1. The fraction of sp³-hybridized carbons (Fsp3) is 0.727. The number of hydrogen-bond acceptors (Lipinski definition) is 2. The van der Waals surface area contributed by atoms with Crippen molar-refractivity contribution in [3.8, 4) is 0 Å². The number of aromatic nitrogens is 2. The van der Waals surface area contributed by atoms with Gasteiger partial charge in [0.25, 0.3) is 0 Å². The van der Waals surface area contributed by atoms with Crippen LogP contribution in [0.1, 0.15) is 38.4 Å². The summed E-state index contributed by atoms with van der Waals surface area (Å²) in [5, 5.41) is 10.9. The molecule has 1 heterocycles. The second-order valence-electron chi connectivity index (χ2n) is 4.68. The average molecular weight is 193 g/mol. The number of anilines is 1. The third-order valence-corrected chi connectivity index (χ3v) is 2.82. The number of hydrogen-bond donors (Lipinski definition) is 2. The lowest BCUT2D eigenvalue weighted by Gasteiger charge is -2.19. The smallest absolute Gasteiger partial charge is 0.151 e. The summed E-state index contributed by atoms with van der Waals surface area (Å²) in [6, 6.07) is 0.458. The van der Waals surface area contributed by atoms with Crippen LogP contribution in [0.3, 0.4) is 0 Å². The van der Waals surface area contributed by atoms with Gasteiger partial charge in [-0.05, 0) is 39.0 Å². The molecule has 0 saturated carbocycles. The van der Waals surface area contributed by atoms with Gasteiger partial charge in [-0.3, -0.25) is 5.10 Å². The molecule has 0 aliphatic heterocycles. The molecule has 1 aliphatic carbocycles. The van der Waals surface area contributed by atoms with Crippen LogP contribution in [0.5, 0.6) is 0 Å². The van der Waals surface area contributed by atoms with Crippen LogP contribution in [0, 0.1) is 5.92 Å². The first-order valence-corrected chi connectivity index (χ1v) is 5.49. The first-order chi connectivity index (χ1) is 6.66. The average Bonchev–Trinajstić information content (AvgIpc) is 2.47. The minimum absolute atomic E-state index is 0.458. The van der Waals surface area contributed by atoms with Crippen LogP contribution in [0.4, 0.5) is 5.82 Å². The molecule has 0 amide bonds. The summed E-state index contributed by atoms with van der Waals surface area (Å²) in [6.07, 6.45) is 3.61. The quantitative estimate of drug-likeness (QED) is 0.757. The van der Waals surface area contributed by atoms with Crippen LogP contribution in [-0.2, 0) is 12.8 Å². The van der Waals surface area contributed by atoms with Crippen LogP contribution in [0.25, 0.3) is 0 Å². The van der Waals surface area contributed by atoms with E-state index in [2.05, 4.69) is 36.3 Å². The summed E-state index contributed by atoms with van der Waals surface area (Å²) in [4.78, 5) is 0. The van der Waals surface area contributed by atoms with Gasteiger partial charge in [-0.15, -0.1) is 0 Å². The molecule has 1 unspecified atom stereocenters. The van der Waals surface area contributed by atoms with E-state index in [1.807, 2.05) is 0 Å². The van der Waals surface area contributed by atoms with Crippen molar-refractivity contribution in [2.45, 2.75) is 46.1 Å². The van der Waals surface area contributed by atoms with E-state index in [0.29, 0.717) is 6.04 Å². The molecular formula is C11H19N3. The predicted octanol–water partition coefficient (Wildman–Crippen LogP) is 2.35. The standard InChI is InChI=1S/C11H19N3/c1-7(2)12-11-9-6-8(3)4-5-10(9)13-14-11/h7-8H,4-6H2,1-3H3,(H2,12,13,14). The van der Waals surface area contributed by atoms with Crippen molar-refractivity contribution >= 4 is 5.82 Å². The van der Waals surface area contributed by atoms with Gasteiger partial charge in [0.2, 0.25) is 0 Å². The van der Waals surface area contributed by atoms with Crippen molar-refractivity contribution in [3.63, 3.8) is 0 Å². The van der Waals surface area contributed by atoms with Crippen molar-refractivity contribution in [1.29, 1.82) is 0 Å². The largest absolute Gasteiger partial charge is 0.366 e. The Labute approximate surface area is 85.3 Å². The number of aromatic amines is 1. The van der Waals surface area contributed by atoms with Gasteiger partial charge in [-0.2, -0.15) is 5.10 Å². The number of nitrogens with one attached hydrogen (secondary N) is 2. The molecule has 2 rings (SSSR count).